The molecular weight excluding hydrogens is 260 g/mol. The highest BCUT2D eigenvalue weighted by Gasteiger charge is 2.35. The van der Waals surface area contributed by atoms with Crippen LogP contribution in [0.2, 0.25) is 5.02 Å². The molecule has 1 aromatic heterocycles. The largest absolute Gasteiger partial charge is 0.357 e. The fraction of sp³-hybridized carbons (Fsp3) is 0.400. The van der Waals surface area contributed by atoms with Crippen LogP contribution in [0.25, 0.3) is 0 Å². The molecule has 1 aliphatic carbocycles. The highest BCUT2D eigenvalue weighted by molar-refractivity contribution is 6.30. The van der Waals surface area contributed by atoms with Crippen LogP contribution in [0.4, 0.5) is 5.88 Å². The van der Waals surface area contributed by atoms with Gasteiger partial charge in [-0.25, -0.2) is 0 Å². The number of hydrogen-bond acceptors (Lipinski definition) is 3. The maximum atomic E-state index is 6.12. The van der Waals surface area contributed by atoms with E-state index in [4.69, 9.17) is 16.1 Å². The van der Waals surface area contributed by atoms with Crippen LogP contribution in [-0.2, 0) is 18.3 Å². The summed E-state index contributed by atoms with van der Waals surface area (Å²) in [7, 11) is 1.87. The van der Waals surface area contributed by atoms with E-state index >= 15 is 0 Å². The van der Waals surface area contributed by atoms with E-state index in [1.165, 1.54) is 11.1 Å². The normalized spacial score (nSPS) is 22.1. The molecule has 0 bridgehead atoms. The lowest BCUT2D eigenvalue weighted by Gasteiger charge is -2.33. The molecule has 3 nitrogen and oxygen atoms in total. The van der Waals surface area contributed by atoms with Gasteiger partial charge in [0.1, 0.15) is 0 Å². The zero-order valence-corrected chi connectivity index (χ0v) is 11.9. The second-order valence-corrected chi connectivity index (χ2v) is 5.87. The van der Waals surface area contributed by atoms with Gasteiger partial charge < -0.3 is 9.84 Å². The van der Waals surface area contributed by atoms with Crippen molar-refractivity contribution >= 4 is 17.5 Å². The van der Waals surface area contributed by atoms with Gasteiger partial charge in [0.25, 0.3) is 0 Å². The van der Waals surface area contributed by atoms with E-state index in [1.807, 2.05) is 19.2 Å². The van der Waals surface area contributed by atoms with E-state index < -0.39 is 0 Å². The quantitative estimate of drug-likeness (QED) is 0.906. The molecular formula is C15H17ClN2O. The summed E-state index contributed by atoms with van der Waals surface area (Å²) >= 11 is 6.12. The number of rotatable bonds is 2. The van der Waals surface area contributed by atoms with Crippen LogP contribution in [0.1, 0.15) is 30.2 Å². The van der Waals surface area contributed by atoms with Crippen molar-refractivity contribution in [2.75, 3.05) is 12.4 Å². The fourth-order valence-electron chi connectivity index (χ4n) is 2.90. The van der Waals surface area contributed by atoms with Crippen LogP contribution in [0.5, 0.6) is 0 Å². The number of anilines is 1. The van der Waals surface area contributed by atoms with Crippen LogP contribution < -0.4 is 5.32 Å². The smallest absolute Gasteiger partial charge is 0.227 e. The molecule has 3 rings (SSSR count). The highest BCUT2D eigenvalue weighted by atomic mass is 35.5. The van der Waals surface area contributed by atoms with Crippen LogP contribution in [0, 0.1) is 0 Å². The Bertz CT molecular complexity index is 594. The summed E-state index contributed by atoms with van der Waals surface area (Å²) < 4.78 is 5.33. The summed E-state index contributed by atoms with van der Waals surface area (Å²) in [5.41, 5.74) is 3.67. The SMILES string of the molecule is CNc1onc2c1CC(C)(c1cccc(Cl)c1)CC2. The first-order valence-electron chi connectivity index (χ1n) is 6.53. The first-order valence-corrected chi connectivity index (χ1v) is 6.91. The van der Waals surface area contributed by atoms with Gasteiger partial charge in [-0.15, -0.1) is 0 Å². The number of fused-ring (bicyclic) bond motifs is 1. The van der Waals surface area contributed by atoms with E-state index in [0.29, 0.717) is 0 Å². The third kappa shape index (κ3) is 2.12. The lowest BCUT2D eigenvalue weighted by Crippen LogP contribution is -2.30. The minimum Gasteiger partial charge on any atom is -0.357 e. The Kier molecular flexibility index (Phi) is 3.02. The number of benzene rings is 1. The fourth-order valence-corrected chi connectivity index (χ4v) is 3.09. The zero-order valence-electron chi connectivity index (χ0n) is 11.2. The lowest BCUT2D eigenvalue weighted by molar-refractivity contribution is 0.397. The Hall–Kier alpha value is -1.48. The van der Waals surface area contributed by atoms with E-state index in [0.717, 1.165) is 35.9 Å². The van der Waals surface area contributed by atoms with E-state index in [1.54, 1.807) is 0 Å². The summed E-state index contributed by atoms with van der Waals surface area (Å²) in [5.74, 6) is 0.794. The Morgan fingerprint density at radius 2 is 2.26 bits per heavy atom. The predicted octanol–water partition coefficient (Wildman–Crippen LogP) is 3.82. The average Bonchev–Trinajstić information content (AvgIpc) is 2.80. The van der Waals surface area contributed by atoms with Crippen molar-refractivity contribution in [3.63, 3.8) is 0 Å². The minimum absolute atomic E-state index is 0.0923. The zero-order chi connectivity index (χ0) is 13.5. The van der Waals surface area contributed by atoms with Gasteiger partial charge in [-0.2, -0.15) is 0 Å². The van der Waals surface area contributed by atoms with Crippen molar-refractivity contribution in [1.29, 1.82) is 0 Å². The molecule has 4 heteroatoms. The van der Waals surface area contributed by atoms with Crippen LogP contribution >= 0.6 is 11.6 Å². The first-order chi connectivity index (χ1) is 9.12. The van der Waals surface area contributed by atoms with Crippen molar-refractivity contribution in [1.82, 2.24) is 5.16 Å². The highest BCUT2D eigenvalue weighted by Crippen LogP contribution is 2.41. The average molecular weight is 277 g/mol. The molecule has 0 radical (unpaired) electrons. The number of aryl methyl sites for hydroxylation is 1. The van der Waals surface area contributed by atoms with Gasteiger partial charge in [0.05, 0.1) is 5.69 Å². The van der Waals surface area contributed by atoms with Gasteiger partial charge in [0.2, 0.25) is 5.88 Å². The Morgan fingerprint density at radius 3 is 3.00 bits per heavy atom. The maximum Gasteiger partial charge on any atom is 0.227 e. The van der Waals surface area contributed by atoms with E-state index in [2.05, 4.69) is 29.5 Å². The molecule has 0 amide bonds. The van der Waals surface area contributed by atoms with Gasteiger partial charge in [-0.05, 0) is 42.4 Å². The standard InChI is InChI=1S/C15H17ClN2O/c1-15(10-4-3-5-11(16)8-10)7-6-13-12(9-15)14(17-2)19-18-13/h3-5,8,17H,6-7,9H2,1-2H3. The monoisotopic (exact) mass is 276 g/mol. The molecule has 0 saturated carbocycles. The van der Waals surface area contributed by atoms with Crippen molar-refractivity contribution in [2.45, 2.75) is 31.6 Å². The molecule has 0 spiro atoms. The first kappa shape index (κ1) is 12.5. The molecule has 0 saturated heterocycles. The van der Waals surface area contributed by atoms with Gasteiger partial charge >= 0.3 is 0 Å². The number of nitrogens with one attached hydrogen (secondary N) is 1. The summed E-state index contributed by atoms with van der Waals surface area (Å²) in [4.78, 5) is 0. The molecule has 1 atom stereocenters. The molecule has 1 unspecified atom stereocenters. The molecule has 19 heavy (non-hydrogen) atoms. The Morgan fingerprint density at radius 1 is 1.42 bits per heavy atom. The number of nitrogens with zero attached hydrogens (tertiary/aromatic N) is 1. The number of halogens is 1. The van der Waals surface area contributed by atoms with Crippen molar-refractivity contribution in [2.24, 2.45) is 0 Å². The Labute approximate surface area is 117 Å². The predicted molar refractivity (Wildman–Crippen MR) is 76.9 cm³/mol. The van der Waals surface area contributed by atoms with Crippen molar-refractivity contribution in [3.8, 4) is 0 Å². The molecule has 1 heterocycles. The number of hydrogen-bond donors (Lipinski definition) is 1. The van der Waals surface area contributed by atoms with Gasteiger partial charge in [0.15, 0.2) is 0 Å². The third-order valence-corrected chi connectivity index (χ3v) is 4.33. The summed E-state index contributed by atoms with van der Waals surface area (Å²) in [6.45, 7) is 2.29. The number of aromatic nitrogens is 1. The maximum absolute atomic E-state index is 6.12. The molecule has 0 fully saturated rings. The third-order valence-electron chi connectivity index (χ3n) is 4.10. The molecule has 2 aromatic rings. The van der Waals surface area contributed by atoms with E-state index in [9.17, 15) is 0 Å². The minimum atomic E-state index is 0.0923. The summed E-state index contributed by atoms with van der Waals surface area (Å²) in [6.07, 6.45) is 2.95. The van der Waals surface area contributed by atoms with Gasteiger partial charge in [-0.3, -0.25) is 0 Å². The van der Waals surface area contributed by atoms with Crippen LogP contribution in [0.15, 0.2) is 28.8 Å². The summed E-state index contributed by atoms with van der Waals surface area (Å²) in [5, 5.41) is 8.02. The van der Waals surface area contributed by atoms with Crippen molar-refractivity contribution < 1.29 is 4.52 Å². The van der Waals surface area contributed by atoms with Crippen LogP contribution in [0.3, 0.4) is 0 Å². The van der Waals surface area contributed by atoms with Crippen LogP contribution in [-0.4, -0.2) is 12.2 Å². The van der Waals surface area contributed by atoms with Gasteiger partial charge in [-0.1, -0.05) is 35.8 Å². The summed E-state index contributed by atoms with van der Waals surface area (Å²) in [6, 6.07) is 8.16. The second-order valence-electron chi connectivity index (χ2n) is 5.43. The molecule has 1 N–H and O–H groups in total. The second kappa shape index (κ2) is 4.57. The topological polar surface area (TPSA) is 38.1 Å². The van der Waals surface area contributed by atoms with E-state index in [-0.39, 0.29) is 5.41 Å². The molecule has 100 valence electrons. The molecule has 0 aliphatic heterocycles. The molecule has 1 aromatic carbocycles. The molecule has 1 aliphatic rings. The van der Waals surface area contributed by atoms with Crippen molar-refractivity contribution in [3.05, 3.63) is 46.1 Å². The Balaban J connectivity index is 1.99. The van der Waals surface area contributed by atoms with Gasteiger partial charge in [0, 0.05) is 17.6 Å². The lowest BCUT2D eigenvalue weighted by atomic mass is 9.70.